The molecule has 2 heterocycles. The first-order valence-electron chi connectivity index (χ1n) is 15.9. The first-order chi connectivity index (χ1) is 22.6. The summed E-state index contributed by atoms with van der Waals surface area (Å²) in [5.74, 6) is -0.0784. The maximum absolute atomic E-state index is 14.1. The van der Waals surface area contributed by atoms with E-state index < -0.39 is 29.6 Å². The number of H-pyrrole nitrogens is 1. The van der Waals surface area contributed by atoms with Gasteiger partial charge in [-0.2, -0.15) is 5.21 Å². The van der Waals surface area contributed by atoms with Crippen molar-refractivity contribution in [1.82, 2.24) is 29.8 Å². The summed E-state index contributed by atoms with van der Waals surface area (Å²) in [6.07, 6.45) is 2.70. The fourth-order valence-corrected chi connectivity index (χ4v) is 6.05. The summed E-state index contributed by atoms with van der Waals surface area (Å²) >= 11 is 0. The number of esters is 1. The number of fused-ring (bicyclic) bond motifs is 1. The number of para-hydroxylation sites is 1. The van der Waals surface area contributed by atoms with E-state index in [1.807, 2.05) is 48.5 Å². The Bertz CT molecular complexity index is 1930. The normalized spacial score (nSPS) is 14.6. The Morgan fingerprint density at radius 1 is 0.957 bits per heavy atom. The lowest BCUT2D eigenvalue weighted by Gasteiger charge is -2.22. The van der Waals surface area contributed by atoms with Gasteiger partial charge >= 0.3 is 17.8 Å². The molecule has 3 aromatic carbocycles. The van der Waals surface area contributed by atoms with E-state index in [2.05, 4.69) is 20.6 Å². The SMILES string of the molecule is CC(OC(=O)OC1CCCCC1)n1c(=O)n(Cc2ccc(-c3ccccc3-c3nn[nH]n3)cc2)c2c(C(=O)OC(C)(C)C)cccc21. The van der Waals surface area contributed by atoms with E-state index in [1.165, 1.54) is 9.13 Å². The lowest BCUT2D eigenvalue weighted by Crippen LogP contribution is -2.30. The molecule has 0 spiro atoms. The molecule has 1 fully saturated rings. The third kappa shape index (κ3) is 6.96. The first-order valence-corrected chi connectivity index (χ1v) is 15.9. The van der Waals surface area contributed by atoms with Gasteiger partial charge in [0.05, 0.1) is 23.1 Å². The number of benzene rings is 3. The summed E-state index contributed by atoms with van der Waals surface area (Å²) in [5, 5.41) is 14.4. The van der Waals surface area contributed by atoms with Crippen molar-refractivity contribution < 1.29 is 23.8 Å². The van der Waals surface area contributed by atoms with Crippen molar-refractivity contribution in [1.29, 1.82) is 0 Å². The number of carbonyl (C=O) groups excluding carboxylic acids is 2. The van der Waals surface area contributed by atoms with Gasteiger partial charge < -0.3 is 14.2 Å². The molecule has 12 nitrogen and oxygen atoms in total. The Morgan fingerprint density at radius 3 is 2.36 bits per heavy atom. The zero-order chi connectivity index (χ0) is 33.1. The highest BCUT2D eigenvalue weighted by Gasteiger charge is 2.28. The number of aromatic nitrogens is 6. The standard InChI is InChI=1S/C35H38N6O6/c1-22(45-34(44)46-25-11-6-5-7-12-25)41-29-16-10-15-28(32(42)47-35(2,3)4)30(29)40(33(41)43)21-23-17-19-24(20-18-23)26-13-8-9-14-27(26)31-36-38-39-37-31/h8-10,13-20,22,25H,5-7,11-12,21H2,1-4H3,(H,36,37,38,39). The van der Waals surface area contributed by atoms with Crippen molar-refractivity contribution in [3.05, 3.63) is 88.3 Å². The smallest absolute Gasteiger partial charge is 0.456 e. The van der Waals surface area contributed by atoms with Crippen LogP contribution in [0.5, 0.6) is 0 Å². The van der Waals surface area contributed by atoms with Crippen LogP contribution in [0.2, 0.25) is 0 Å². The Balaban J connectivity index is 1.35. The van der Waals surface area contributed by atoms with Crippen molar-refractivity contribution in [2.45, 2.75) is 84.3 Å². The molecule has 0 radical (unpaired) electrons. The van der Waals surface area contributed by atoms with Crippen LogP contribution in [0.3, 0.4) is 0 Å². The van der Waals surface area contributed by atoms with Crippen LogP contribution >= 0.6 is 0 Å². The number of carbonyl (C=O) groups is 2. The summed E-state index contributed by atoms with van der Waals surface area (Å²) in [4.78, 5) is 40.3. The number of nitrogens with zero attached hydrogens (tertiary/aromatic N) is 5. The van der Waals surface area contributed by atoms with E-state index in [1.54, 1.807) is 45.9 Å². The number of rotatable bonds is 8. The molecular weight excluding hydrogens is 600 g/mol. The highest BCUT2D eigenvalue weighted by Crippen LogP contribution is 2.31. The van der Waals surface area contributed by atoms with E-state index in [0.717, 1.165) is 54.4 Å². The van der Waals surface area contributed by atoms with Crippen LogP contribution in [0.1, 0.15) is 81.9 Å². The van der Waals surface area contributed by atoms with Crippen LogP contribution in [0, 0.1) is 0 Å². The van der Waals surface area contributed by atoms with Gasteiger partial charge in [0, 0.05) is 5.56 Å². The average molecular weight is 639 g/mol. The van der Waals surface area contributed by atoms with Crippen molar-refractivity contribution in [3.63, 3.8) is 0 Å². The van der Waals surface area contributed by atoms with Crippen molar-refractivity contribution in [2.24, 2.45) is 0 Å². The van der Waals surface area contributed by atoms with Gasteiger partial charge in [-0.3, -0.25) is 9.13 Å². The van der Waals surface area contributed by atoms with Crippen molar-refractivity contribution >= 4 is 23.2 Å². The van der Waals surface area contributed by atoms with Gasteiger partial charge in [0.15, 0.2) is 6.23 Å². The molecule has 2 aromatic heterocycles. The number of hydrogen-bond acceptors (Lipinski definition) is 9. The molecule has 1 aliphatic carbocycles. The molecule has 1 atom stereocenters. The second-order valence-corrected chi connectivity index (χ2v) is 12.7. The Morgan fingerprint density at radius 2 is 1.68 bits per heavy atom. The molecule has 1 N–H and O–H groups in total. The largest absolute Gasteiger partial charge is 0.510 e. The minimum Gasteiger partial charge on any atom is -0.456 e. The van der Waals surface area contributed by atoms with E-state index in [9.17, 15) is 14.4 Å². The zero-order valence-electron chi connectivity index (χ0n) is 26.9. The first kappa shape index (κ1) is 31.7. The summed E-state index contributed by atoms with van der Waals surface area (Å²) in [6, 6.07) is 20.6. The van der Waals surface area contributed by atoms with Gasteiger partial charge in [-0.25, -0.2) is 14.4 Å². The molecule has 1 saturated carbocycles. The monoisotopic (exact) mass is 638 g/mol. The van der Waals surface area contributed by atoms with Crippen LogP contribution in [-0.4, -0.2) is 53.6 Å². The van der Waals surface area contributed by atoms with Gasteiger partial charge in [-0.05, 0) is 87.4 Å². The van der Waals surface area contributed by atoms with Crippen LogP contribution in [0.25, 0.3) is 33.5 Å². The number of imidazole rings is 1. The summed E-state index contributed by atoms with van der Waals surface area (Å²) < 4.78 is 19.8. The molecule has 0 saturated heterocycles. The topological polar surface area (TPSA) is 143 Å². The summed E-state index contributed by atoms with van der Waals surface area (Å²) in [7, 11) is 0. The molecule has 1 unspecified atom stereocenters. The van der Waals surface area contributed by atoms with Crippen LogP contribution in [0.4, 0.5) is 4.79 Å². The van der Waals surface area contributed by atoms with Gasteiger partial charge in [0.25, 0.3) is 0 Å². The fraction of sp³-hybridized carbons (Fsp3) is 0.371. The predicted molar refractivity (Wildman–Crippen MR) is 175 cm³/mol. The third-order valence-corrected chi connectivity index (χ3v) is 8.16. The third-order valence-electron chi connectivity index (χ3n) is 8.16. The van der Waals surface area contributed by atoms with Gasteiger partial charge in [-0.15, -0.1) is 10.2 Å². The number of nitrogens with one attached hydrogen (secondary N) is 1. The van der Waals surface area contributed by atoms with Crippen LogP contribution in [0.15, 0.2) is 71.5 Å². The van der Waals surface area contributed by atoms with Crippen molar-refractivity contribution in [2.75, 3.05) is 0 Å². The second-order valence-electron chi connectivity index (χ2n) is 12.7. The summed E-state index contributed by atoms with van der Waals surface area (Å²) in [6.45, 7) is 7.12. The molecule has 12 heteroatoms. The molecule has 5 aromatic rings. The molecule has 0 amide bonds. The fourth-order valence-electron chi connectivity index (χ4n) is 6.05. The minimum absolute atomic E-state index is 0.147. The maximum atomic E-state index is 14.1. The molecule has 1 aliphatic rings. The molecule has 0 aliphatic heterocycles. The molecule has 47 heavy (non-hydrogen) atoms. The lowest BCUT2D eigenvalue weighted by atomic mass is 9.98. The molecule has 0 bridgehead atoms. The number of hydrogen-bond donors (Lipinski definition) is 1. The average Bonchev–Trinajstić information content (AvgIpc) is 3.68. The summed E-state index contributed by atoms with van der Waals surface area (Å²) in [5.41, 5.74) is 3.35. The highest BCUT2D eigenvalue weighted by atomic mass is 16.7. The number of aromatic amines is 1. The van der Waals surface area contributed by atoms with E-state index in [-0.39, 0.29) is 18.2 Å². The lowest BCUT2D eigenvalue weighted by molar-refractivity contribution is -0.0249. The van der Waals surface area contributed by atoms with Crippen LogP contribution < -0.4 is 5.69 Å². The second kappa shape index (κ2) is 13.2. The zero-order valence-corrected chi connectivity index (χ0v) is 26.9. The maximum Gasteiger partial charge on any atom is 0.510 e. The highest BCUT2D eigenvalue weighted by molar-refractivity contribution is 6.02. The van der Waals surface area contributed by atoms with Gasteiger partial charge in [-0.1, -0.05) is 61.0 Å². The Labute approximate surface area is 271 Å². The van der Waals surface area contributed by atoms with Crippen LogP contribution in [-0.2, 0) is 20.8 Å². The Hall–Kier alpha value is -5.26. The van der Waals surface area contributed by atoms with E-state index in [0.29, 0.717) is 16.9 Å². The Kier molecular flexibility index (Phi) is 8.93. The van der Waals surface area contributed by atoms with Gasteiger partial charge in [0.1, 0.15) is 11.7 Å². The molecule has 6 rings (SSSR count). The predicted octanol–water partition coefficient (Wildman–Crippen LogP) is 6.66. The molecular formula is C35H38N6O6. The molecule has 244 valence electrons. The number of ether oxygens (including phenoxy) is 3. The van der Waals surface area contributed by atoms with Gasteiger partial charge in [0.2, 0.25) is 5.82 Å². The van der Waals surface area contributed by atoms with E-state index in [4.69, 9.17) is 14.2 Å². The minimum atomic E-state index is -1.000. The van der Waals surface area contributed by atoms with Crippen molar-refractivity contribution in [3.8, 4) is 22.5 Å². The quantitative estimate of drug-likeness (QED) is 0.185. The van der Waals surface area contributed by atoms with E-state index >= 15 is 0 Å². The number of tetrazole rings is 1.